The van der Waals surface area contributed by atoms with E-state index >= 15 is 0 Å². The summed E-state index contributed by atoms with van der Waals surface area (Å²) < 4.78 is 1.78. The number of nitrogens with one attached hydrogen (secondary N) is 1. The molecule has 94 valence electrons. The molecule has 0 aliphatic carbocycles. The van der Waals surface area contributed by atoms with Crippen LogP contribution in [0.25, 0.3) is 0 Å². The van der Waals surface area contributed by atoms with Crippen LogP contribution in [0.15, 0.2) is 12.4 Å². The van der Waals surface area contributed by atoms with Crippen LogP contribution in [0.4, 0.5) is 0 Å². The molecule has 2 rings (SSSR count). The minimum absolute atomic E-state index is 0.0481. The molecule has 0 bridgehead atoms. The van der Waals surface area contributed by atoms with E-state index < -0.39 is 0 Å². The van der Waals surface area contributed by atoms with Crippen molar-refractivity contribution < 1.29 is 4.79 Å². The fraction of sp³-hybridized carbons (Fsp3) is 0.667. The molecule has 0 spiro atoms. The third-order valence-electron chi connectivity index (χ3n) is 3.36. The van der Waals surface area contributed by atoms with Crippen LogP contribution in [-0.4, -0.2) is 46.0 Å². The molecule has 1 N–H and O–H groups in total. The highest BCUT2D eigenvalue weighted by Crippen LogP contribution is 2.14. The van der Waals surface area contributed by atoms with Crippen LogP contribution in [0.1, 0.15) is 30.4 Å². The Kier molecular flexibility index (Phi) is 3.78. The van der Waals surface area contributed by atoms with Gasteiger partial charge in [0.25, 0.3) is 5.91 Å². The number of hydrogen-bond donors (Lipinski definition) is 1. The van der Waals surface area contributed by atoms with Crippen LogP contribution < -0.4 is 5.32 Å². The zero-order valence-electron chi connectivity index (χ0n) is 10.5. The van der Waals surface area contributed by atoms with Crippen LogP contribution in [0.5, 0.6) is 0 Å². The van der Waals surface area contributed by atoms with Crippen molar-refractivity contribution >= 4 is 5.91 Å². The molecule has 1 aromatic heterocycles. The minimum atomic E-state index is 0.0481. The highest BCUT2D eigenvalue weighted by Gasteiger charge is 2.26. The number of nitrogens with zero attached hydrogens (tertiary/aromatic N) is 3. The maximum Gasteiger partial charge on any atom is 0.290 e. The first-order valence-electron chi connectivity index (χ1n) is 6.23. The summed E-state index contributed by atoms with van der Waals surface area (Å²) in [5, 5.41) is 3.32. The van der Waals surface area contributed by atoms with Crippen LogP contribution in [0, 0.1) is 0 Å². The number of carbonyl (C=O) groups is 1. The smallest absolute Gasteiger partial charge is 0.290 e. The standard InChI is InChI=1S/C12H20N4O/c1-3-16(10-4-6-13-7-5-10)12(17)11-14-8-9-15(11)2/h8-10,13H,3-7H2,1-2H3. The highest BCUT2D eigenvalue weighted by atomic mass is 16.2. The monoisotopic (exact) mass is 236 g/mol. The van der Waals surface area contributed by atoms with Gasteiger partial charge in [0.2, 0.25) is 0 Å². The van der Waals surface area contributed by atoms with Gasteiger partial charge >= 0.3 is 0 Å². The number of amides is 1. The van der Waals surface area contributed by atoms with Gasteiger partial charge in [-0.1, -0.05) is 0 Å². The molecule has 1 fully saturated rings. The lowest BCUT2D eigenvalue weighted by molar-refractivity contribution is 0.0640. The lowest BCUT2D eigenvalue weighted by atomic mass is 10.0. The summed E-state index contributed by atoms with van der Waals surface area (Å²) in [6.45, 7) is 4.77. The van der Waals surface area contributed by atoms with E-state index in [1.54, 1.807) is 10.8 Å². The number of aryl methyl sites for hydroxylation is 1. The Morgan fingerprint density at radius 1 is 1.59 bits per heavy atom. The first-order chi connectivity index (χ1) is 8.24. The topological polar surface area (TPSA) is 50.2 Å². The second-order valence-corrected chi connectivity index (χ2v) is 4.43. The van der Waals surface area contributed by atoms with Crippen molar-refractivity contribution in [2.45, 2.75) is 25.8 Å². The molecule has 0 saturated carbocycles. The van der Waals surface area contributed by atoms with Crippen molar-refractivity contribution in [1.29, 1.82) is 0 Å². The Hall–Kier alpha value is -1.36. The van der Waals surface area contributed by atoms with Gasteiger partial charge in [-0.05, 0) is 32.9 Å². The summed E-state index contributed by atoms with van der Waals surface area (Å²) in [6.07, 6.45) is 5.54. The first kappa shape index (κ1) is 12.1. The minimum Gasteiger partial charge on any atom is -0.333 e. The molecule has 5 nitrogen and oxygen atoms in total. The van der Waals surface area contributed by atoms with Crippen molar-refractivity contribution in [3.63, 3.8) is 0 Å². The van der Waals surface area contributed by atoms with Gasteiger partial charge in [0.05, 0.1) is 0 Å². The van der Waals surface area contributed by atoms with Crippen molar-refractivity contribution in [1.82, 2.24) is 19.8 Å². The van der Waals surface area contributed by atoms with Crippen molar-refractivity contribution in [2.24, 2.45) is 7.05 Å². The zero-order valence-corrected chi connectivity index (χ0v) is 10.5. The van der Waals surface area contributed by atoms with E-state index in [4.69, 9.17) is 0 Å². The Morgan fingerprint density at radius 2 is 2.29 bits per heavy atom. The number of imidazole rings is 1. The van der Waals surface area contributed by atoms with E-state index in [2.05, 4.69) is 10.3 Å². The Morgan fingerprint density at radius 3 is 2.82 bits per heavy atom. The number of aromatic nitrogens is 2. The van der Waals surface area contributed by atoms with E-state index in [1.165, 1.54) is 0 Å². The number of carbonyl (C=O) groups excluding carboxylic acids is 1. The SMILES string of the molecule is CCN(C(=O)c1nccn1C)C1CCNCC1. The first-order valence-corrected chi connectivity index (χ1v) is 6.23. The van der Waals surface area contributed by atoms with E-state index in [0.29, 0.717) is 11.9 Å². The molecule has 0 atom stereocenters. The summed E-state index contributed by atoms with van der Waals surface area (Å²) in [6, 6.07) is 0.352. The van der Waals surface area contributed by atoms with Gasteiger partial charge in [0.15, 0.2) is 5.82 Å². The summed E-state index contributed by atoms with van der Waals surface area (Å²) in [7, 11) is 1.86. The summed E-state index contributed by atoms with van der Waals surface area (Å²) in [5.41, 5.74) is 0. The van der Waals surface area contributed by atoms with Crippen LogP contribution in [-0.2, 0) is 7.05 Å². The van der Waals surface area contributed by atoms with Gasteiger partial charge in [-0.25, -0.2) is 4.98 Å². The van der Waals surface area contributed by atoms with Gasteiger partial charge in [0.1, 0.15) is 0 Å². The van der Waals surface area contributed by atoms with E-state index in [9.17, 15) is 4.79 Å². The predicted molar refractivity (Wildman–Crippen MR) is 65.8 cm³/mol. The molecule has 1 amide bonds. The molecule has 0 aromatic carbocycles. The van der Waals surface area contributed by atoms with E-state index in [-0.39, 0.29) is 5.91 Å². The van der Waals surface area contributed by atoms with Crippen molar-refractivity contribution in [3.05, 3.63) is 18.2 Å². The Balaban J connectivity index is 2.12. The van der Waals surface area contributed by atoms with Crippen LogP contribution in [0.2, 0.25) is 0 Å². The molecule has 17 heavy (non-hydrogen) atoms. The molecule has 0 radical (unpaired) electrons. The largest absolute Gasteiger partial charge is 0.333 e. The van der Waals surface area contributed by atoms with Gasteiger partial charge in [0, 0.05) is 32.0 Å². The van der Waals surface area contributed by atoms with Gasteiger partial charge in [-0.15, -0.1) is 0 Å². The van der Waals surface area contributed by atoms with Crippen LogP contribution in [0.3, 0.4) is 0 Å². The number of hydrogen-bond acceptors (Lipinski definition) is 3. The molecule has 1 saturated heterocycles. The maximum atomic E-state index is 12.4. The second kappa shape index (κ2) is 5.31. The van der Waals surface area contributed by atoms with Gasteiger partial charge in [-0.2, -0.15) is 0 Å². The summed E-state index contributed by atoms with van der Waals surface area (Å²) >= 11 is 0. The fourth-order valence-electron chi connectivity index (χ4n) is 2.39. The predicted octanol–water partition coefficient (Wildman–Crippen LogP) is 0.634. The van der Waals surface area contributed by atoms with E-state index in [0.717, 1.165) is 32.5 Å². The maximum absolute atomic E-state index is 12.4. The molecule has 1 aliphatic heterocycles. The normalized spacial score (nSPS) is 17.1. The Bertz CT molecular complexity index is 382. The third-order valence-corrected chi connectivity index (χ3v) is 3.36. The van der Waals surface area contributed by atoms with Crippen molar-refractivity contribution in [2.75, 3.05) is 19.6 Å². The summed E-state index contributed by atoms with van der Waals surface area (Å²) in [4.78, 5) is 18.5. The average Bonchev–Trinajstić information content (AvgIpc) is 2.77. The molecule has 0 unspecified atom stereocenters. The molecular weight excluding hydrogens is 216 g/mol. The van der Waals surface area contributed by atoms with Crippen molar-refractivity contribution in [3.8, 4) is 0 Å². The van der Waals surface area contributed by atoms with Gasteiger partial charge in [-0.3, -0.25) is 4.79 Å². The summed E-state index contributed by atoms with van der Waals surface area (Å²) in [5.74, 6) is 0.581. The number of rotatable bonds is 3. The fourth-order valence-corrected chi connectivity index (χ4v) is 2.39. The Labute approximate surface area is 102 Å². The molecule has 1 aliphatic rings. The van der Waals surface area contributed by atoms with Gasteiger partial charge < -0.3 is 14.8 Å². The van der Waals surface area contributed by atoms with E-state index in [1.807, 2.05) is 25.1 Å². The van der Waals surface area contributed by atoms with Crippen LogP contribution >= 0.6 is 0 Å². The zero-order chi connectivity index (χ0) is 12.3. The number of piperidine rings is 1. The molecule has 2 heterocycles. The lowest BCUT2D eigenvalue weighted by Gasteiger charge is -2.33. The quantitative estimate of drug-likeness (QED) is 0.837. The lowest BCUT2D eigenvalue weighted by Crippen LogP contribution is -2.46. The molecule has 1 aromatic rings. The third kappa shape index (κ3) is 2.49. The highest BCUT2D eigenvalue weighted by molar-refractivity contribution is 5.91. The molecular formula is C12H20N4O. The second-order valence-electron chi connectivity index (χ2n) is 4.43. The average molecular weight is 236 g/mol. The molecule has 5 heteroatoms.